The molecule has 2 heterocycles. The smallest absolute Gasteiger partial charge is 0.236 e. The summed E-state index contributed by atoms with van der Waals surface area (Å²) in [6.45, 7) is 8.97. The maximum absolute atomic E-state index is 12.4. The van der Waals surface area contributed by atoms with Crippen LogP contribution in [0.1, 0.15) is 33.1 Å². The first-order chi connectivity index (χ1) is 9.08. The molecule has 2 fully saturated rings. The van der Waals surface area contributed by atoms with Gasteiger partial charge in [-0.2, -0.15) is 0 Å². The van der Waals surface area contributed by atoms with Crippen molar-refractivity contribution < 1.29 is 9.90 Å². The first kappa shape index (κ1) is 14.8. The molecular formula is C15H28N2O2. The zero-order valence-electron chi connectivity index (χ0n) is 12.3. The summed E-state index contributed by atoms with van der Waals surface area (Å²) in [6.07, 6.45) is 3.43. The monoisotopic (exact) mass is 268 g/mol. The Hall–Kier alpha value is -0.610. The Labute approximate surface area is 116 Å². The Morgan fingerprint density at radius 1 is 1.21 bits per heavy atom. The first-order valence-electron chi connectivity index (χ1n) is 7.69. The van der Waals surface area contributed by atoms with Gasteiger partial charge in [-0.05, 0) is 43.6 Å². The molecular weight excluding hydrogens is 240 g/mol. The largest absolute Gasteiger partial charge is 0.396 e. The van der Waals surface area contributed by atoms with Crippen LogP contribution >= 0.6 is 0 Å². The minimum absolute atomic E-state index is 0.252. The summed E-state index contributed by atoms with van der Waals surface area (Å²) in [5.74, 6) is 1.89. The highest BCUT2D eigenvalue weighted by Crippen LogP contribution is 2.22. The van der Waals surface area contributed by atoms with E-state index in [1.165, 1.54) is 6.42 Å². The number of likely N-dealkylation sites (tertiary alicyclic amines) is 2. The standard InChI is InChI=1S/C15H28N2O2/c1-12-6-13(2)8-17(7-12)15(19)10-16-5-3-4-14(9-16)11-18/h12-14,18H,3-11H2,1-2H3. The number of rotatable bonds is 3. The van der Waals surface area contributed by atoms with Gasteiger partial charge in [0.2, 0.25) is 5.91 Å². The zero-order valence-corrected chi connectivity index (χ0v) is 12.3. The first-order valence-corrected chi connectivity index (χ1v) is 7.69. The molecule has 0 spiro atoms. The van der Waals surface area contributed by atoms with Crippen LogP contribution in [0.4, 0.5) is 0 Å². The molecule has 0 saturated carbocycles. The SMILES string of the molecule is CC1CC(C)CN(C(=O)CN2CCCC(CO)C2)C1. The van der Waals surface area contributed by atoms with Gasteiger partial charge in [0.05, 0.1) is 6.54 Å². The summed E-state index contributed by atoms with van der Waals surface area (Å²) in [4.78, 5) is 16.6. The molecule has 0 aromatic carbocycles. The van der Waals surface area contributed by atoms with Crippen LogP contribution in [0.2, 0.25) is 0 Å². The Morgan fingerprint density at radius 3 is 2.53 bits per heavy atom. The Kier molecular flexibility index (Phi) is 5.22. The van der Waals surface area contributed by atoms with Crippen LogP contribution in [-0.2, 0) is 4.79 Å². The molecule has 3 atom stereocenters. The number of carbonyl (C=O) groups excluding carboxylic acids is 1. The fourth-order valence-electron chi connectivity index (χ4n) is 3.60. The number of carbonyl (C=O) groups is 1. The van der Waals surface area contributed by atoms with Gasteiger partial charge in [0.25, 0.3) is 0 Å². The van der Waals surface area contributed by atoms with E-state index in [1.807, 2.05) is 4.90 Å². The van der Waals surface area contributed by atoms with E-state index in [9.17, 15) is 9.90 Å². The van der Waals surface area contributed by atoms with Crippen LogP contribution < -0.4 is 0 Å². The van der Waals surface area contributed by atoms with E-state index >= 15 is 0 Å². The average Bonchev–Trinajstić information content (AvgIpc) is 2.37. The lowest BCUT2D eigenvalue weighted by Crippen LogP contribution is -2.48. The van der Waals surface area contributed by atoms with Gasteiger partial charge in [-0.1, -0.05) is 13.8 Å². The van der Waals surface area contributed by atoms with Gasteiger partial charge in [0.15, 0.2) is 0 Å². The molecule has 2 saturated heterocycles. The highest BCUT2D eigenvalue weighted by atomic mass is 16.3. The number of amides is 1. The third-order valence-corrected chi connectivity index (χ3v) is 4.44. The number of piperidine rings is 2. The lowest BCUT2D eigenvalue weighted by molar-refractivity contribution is -0.135. The Bertz CT molecular complexity index is 299. The number of aliphatic hydroxyl groups excluding tert-OH is 1. The summed E-state index contributed by atoms with van der Waals surface area (Å²) in [7, 11) is 0. The normalized spacial score (nSPS) is 33.4. The van der Waals surface area contributed by atoms with Crippen LogP contribution in [-0.4, -0.2) is 60.1 Å². The van der Waals surface area contributed by atoms with E-state index in [0.29, 0.717) is 24.3 Å². The molecule has 0 aromatic heterocycles. The quantitative estimate of drug-likeness (QED) is 0.836. The number of nitrogens with zero attached hydrogens (tertiary/aromatic N) is 2. The van der Waals surface area contributed by atoms with Crippen molar-refractivity contribution in [3.63, 3.8) is 0 Å². The molecule has 1 N–H and O–H groups in total. The Balaban J connectivity index is 1.83. The minimum Gasteiger partial charge on any atom is -0.396 e. The van der Waals surface area contributed by atoms with E-state index in [0.717, 1.165) is 39.0 Å². The summed E-state index contributed by atoms with van der Waals surface area (Å²) in [6, 6.07) is 0. The molecule has 3 unspecified atom stereocenters. The second kappa shape index (κ2) is 6.71. The number of hydrogen-bond acceptors (Lipinski definition) is 3. The van der Waals surface area contributed by atoms with Crippen molar-refractivity contribution >= 4 is 5.91 Å². The zero-order chi connectivity index (χ0) is 13.8. The molecule has 19 heavy (non-hydrogen) atoms. The van der Waals surface area contributed by atoms with E-state index in [1.54, 1.807) is 0 Å². The molecule has 0 aliphatic carbocycles. The highest BCUT2D eigenvalue weighted by Gasteiger charge is 2.27. The maximum atomic E-state index is 12.4. The van der Waals surface area contributed by atoms with Crippen molar-refractivity contribution in [3.05, 3.63) is 0 Å². The van der Waals surface area contributed by atoms with E-state index in [-0.39, 0.29) is 12.5 Å². The van der Waals surface area contributed by atoms with Crippen LogP contribution in [0.5, 0.6) is 0 Å². The van der Waals surface area contributed by atoms with Gasteiger partial charge in [-0.3, -0.25) is 9.69 Å². The van der Waals surface area contributed by atoms with Gasteiger partial charge in [-0.25, -0.2) is 0 Å². The van der Waals surface area contributed by atoms with Gasteiger partial charge in [0.1, 0.15) is 0 Å². The van der Waals surface area contributed by atoms with E-state index in [2.05, 4.69) is 18.7 Å². The molecule has 1 amide bonds. The van der Waals surface area contributed by atoms with Crippen LogP contribution in [0.3, 0.4) is 0 Å². The predicted octanol–water partition coefficient (Wildman–Crippen LogP) is 1.20. The molecule has 0 radical (unpaired) electrons. The summed E-state index contributed by atoms with van der Waals surface area (Å²) >= 11 is 0. The minimum atomic E-state index is 0.252. The van der Waals surface area contributed by atoms with Crippen LogP contribution in [0.15, 0.2) is 0 Å². The van der Waals surface area contributed by atoms with Crippen LogP contribution in [0, 0.1) is 17.8 Å². The lowest BCUT2D eigenvalue weighted by Gasteiger charge is -2.37. The molecule has 110 valence electrons. The van der Waals surface area contributed by atoms with Gasteiger partial charge >= 0.3 is 0 Å². The number of hydrogen-bond donors (Lipinski definition) is 1. The average molecular weight is 268 g/mol. The van der Waals surface area contributed by atoms with Crippen molar-refractivity contribution in [1.82, 2.24) is 9.80 Å². The summed E-state index contributed by atoms with van der Waals surface area (Å²) < 4.78 is 0. The molecule has 2 rings (SSSR count). The fraction of sp³-hybridized carbons (Fsp3) is 0.933. The summed E-state index contributed by atoms with van der Waals surface area (Å²) in [5, 5.41) is 9.24. The molecule has 0 aromatic rings. The second-order valence-electron chi connectivity index (χ2n) is 6.67. The fourth-order valence-corrected chi connectivity index (χ4v) is 3.60. The van der Waals surface area contributed by atoms with Gasteiger partial charge in [-0.15, -0.1) is 0 Å². The van der Waals surface area contributed by atoms with Crippen molar-refractivity contribution in [2.24, 2.45) is 17.8 Å². The molecule has 4 heteroatoms. The lowest BCUT2D eigenvalue weighted by atomic mass is 9.92. The van der Waals surface area contributed by atoms with Crippen LogP contribution in [0.25, 0.3) is 0 Å². The van der Waals surface area contributed by atoms with Crippen molar-refractivity contribution in [1.29, 1.82) is 0 Å². The molecule has 4 nitrogen and oxygen atoms in total. The predicted molar refractivity (Wildman–Crippen MR) is 75.8 cm³/mol. The molecule has 0 bridgehead atoms. The van der Waals surface area contributed by atoms with E-state index < -0.39 is 0 Å². The second-order valence-corrected chi connectivity index (χ2v) is 6.67. The molecule has 2 aliphatic heterocycles. The van der Waals surface area contributed by atoms with Gasteiger partial charge in [0, 0.05) is 26.2 Å². The van der Waals surface area contributed by atoms with Crippen molar-refractivity contribution in [2.45, 2.75) is 33.1 Å². The third-order valence-electron chi connectivity index (χ3n) is 4.44. The summed E-state index contributed by atoms with van der Waals surface area (Å²) in [5.41, 5.74) is 0. The molecule has 2 aliphatic rings. The van der Waals surface area contributed by atoms with E-state index in [4.69, 9.17) is 0 Å². The van der Waals surface area contributed by atoms with Crippen molar-refractivity contribution in [3.8, 4) is 0 Å². The highest BCUT2D eigenvalue weighted by molar-refractivity contribution is 5.78. The topological polar surface area (TPSA) is 43.8 Å². The number of aliphatic hydroxyl groups is 1. The Morgan fingerprint density at radius 2 is 1.89 bits per heavy atom. The van der Waals surface area contributed by atoms with Crippen molar-refractivity contribution in [2.75, 3.05) is 39.3 Å². The maximum Gasteiger partial charge on any atom is 0.236 e. The van der Waals surface area contributed by atoms with Gasteiger partial charge < -0.3 is 10.0 Å². The third kappa shape index (κ3) is 4.18.